The average Bonchev–Trinajstić information content (AvgIpc) is 3.35. The smallest absolute Gasteiger partial charge is 0.328 e. The number of pyridine rings is 1. The molecular weight excluding hydrogens is 931 g/mol. The standard InChI is InChI=1S/C54H83N3O13S/c1-33-24-34(2)26-47(67-7)50-48(68-8)28-36(4)54(65,70-50)51(62)52(63)57-21-12-10-16-42(57)53(64)69-32-41(35(3)27-38-17-18-43(58)46(29-38)66-6)37(5)44(59)31-45(60)39(25-33)14-13-22-71-23-20-56-49(61)30-40-15-9-11-19-55-40/h9,11,15,19,25,27,34,36-39,41-44,46-48,50,58-59,65H,10,12-14,16-18,20-24,26,28-32H2,1-8H3,(H,56,61)/b33-25+,35-27+/t34-,36+,37-,38-,39+,41+,42-,43+,44-,46+,47-,48-,50+,54+/m0/s1. The molecule has 398 valence electrons. The fourth-order valence-corrected chi connectivity index (χ4v) is 11.9. The maximum Gasteiger partial charge on any atom is 0.328 e. The van der Waals surface area contributed by atoms with Crippen molar-refractivity contribution in [2.24, 2.45) is 35.5 Å². The number of aromatic nitrogens is 1. The third-order valence-corrected chi connectivity index (χ3v) is 16.4. The van der Waals surface area contributed by atoms with Gasteiger partial charge in [0.1, 0.15) is 17.9 Å². The number of aliphatic hydroxyl groups is 3. The lowest BCUT2D eigenvalue weighted by molar-refractivity contribution is -0.302. The van der Waals surface area contributed by atoms with Crippen LogP contribution in [-0.4, -0.2) is 156 Å². The summed E-state index contributed by atoms with van der Waals surface area (Å²) >= 11 is 1.70. The normalized spacial score (nSPS) is 35.3. The van der Waals surface area contributed by atoms with Crippen molar-refractivity contribution in [3.8, 4) is 0 Å². The first-order valence-corrected chi connectivity index (χ1v) is 27.0. The highest BCUT2D eigenvalue weighted by atomic mass is 32.2. The zero-order chi connectivity index (χ0) is 51.8. The molecule has 5 rings (SSSR count). The van der Waals surface area contributed by atoms with E-state index >= 15 is 0 Å². The molecule has 3 aliphatic heterocycles. The second-order valence-electron chi connectivity index (χ2n) is 20.7. The molecule has 14 atom stereocenters. The van der Waals surface area contributed by atoms with Crippen molar-refractivity contribution >= 4 is 41.1 Å². The summed E-state index contributed by atoms with van der Waals surface area (Å²) in [7, 11) is 4.64. The lowest BCUT2D eigenvalue weighted by Gasteiger charge is -2.47. The number of methoxy groups -OCH3 is 3. The van der Waals surface area contributed by atoms with Crippen LogP contribution in [0, 0.1) is 35.5 Å². The molecular formula is C54H83N3O13S. The maximum absolute atomic E-state index is 14.5. The summed E-state index contributed by atoms with van der Waals surface area (Å²) in [5, 5.41) is 37.7. The van der Waals surface area contributed by atoms with Crippen LogP contribution < -0.4 is 5.32 Å². The van der Waals surface area contributed by atoms with Crippen LogP contribution in [0.15, 0.2) is 47.7 Å². The highest BCUT2D eigenvalue weighted by Gasteiger charge is 2.56. The summed E-state index contributed by atoms with van der Waals surface area (Å²) in [4.78, 5) is 75.2. The molecule has 0 unspecified atom stereocenters. The largest absolute Gasteiger partial charge is 0.464 e. The molecule has 1 aliphatic carbocycles. The summed E-state index contributed by atoms with van der Waals surface area (Å²) in [6, 6.07) is 4.38. The molecule has 71 heavy (non-hydrogen) atoms. The quantitative estimate of drug-likeness (QED) is 0.0774. The first-order chi connectivity index (χ1) is 33.9. The fraction of sp³-hybridized carbons (Fsp3) is 0.741. The van der Waals surface area contributed by atoms with Gasteiger partial charge in [0.25, 0.3) is 11.7 Å². The molecule has 4 aliphatic rings. The first kappa shape index (κ1) is 58.3. The third kappa shape index (κ3) is 16.2. The Morgan fingerprint density at radius 1 is 0.944 bits per heavy atom. The third-order valence-electron chi connectivity index (χ3n) is 15.3. The Morgan fingerprint density at radius 3 is 2.38 bits per heavy atom. The molecule has 1 aromatic heterocycles. The molecule has 0 spiro atoms. The monoisotopic (exact) mass is 1010 g/mol. The van der Waals surface area contributed by atoms with E-state index in [4.69, 9.17) is 23.7 Å². The van der Waals surface area contributed by atoms with E-state index in [1.807, 2.05) is 45.0 Å². The van der Waals surface area contributed by atoms with Crippen molar-refractivity contribution in [3.05, 3.63) is 53.4 Å². The average molecular weight is 1010 g/mol. The van der Waals surface area contributed by atoms with Crippen molar-refractivity contribution in [2.45, 2.75) is 167 Å². The van der Waals surface area contributed by atoms with E-state index in [0.29, 0.717) is 69.4 Å². The molecule has 17 heteroatoms. The van der Waals surface area contributed by atoms with Crippen molar-refractivity contribution in [3.63, 3.8) is 0 Å². The van der Waals surface area contributed by atoms with Crippen LogP contribution in [0.1, 0.15) is 117 Å². The number of hydrogen-bond donors (Lipinski definition) is 4. The van der Waals surface area contributed by atoms with Crippen LogP contribution in [0.25, 0.3) is 0 Å². The first-order valence-electron chi connectivity index (χ1n) is 25.9. The van der Waals surface area contributed by atoms with E-state index in [1.165, 1.54) is 19.1 Å². The van der Waals surface area contributed by atoms with Crippen LogP contribution in [0.2, 0.25) is 0 Å². The highest BCUT2D eigenvalue weighted by molar-refractivity contribution is 7.99. The fourth-order valence-electron chi connectivity index (χ4n) is 11.0. The number of cyclic esters (lactones) is 1. The van der Waals surface area contributed by atoms with E-state index in [1.54, 1.807) is 32.0 Å². The van der Waals surface area contributed by atoms with Gasteiger partial charge in [-0.15, -0.1) is 0 Å². The number of thioether (sulfide) groups is 1. The van der Waals surface area contributed by atoms with Crippen LogP contribution >= 0.6 is 11.8 Å². The number of ether oxygens (including phenoxy) is 5. The minimum absolute atomic E-state index is 0.0213. The Labute approximate surface area is 425 Å². The highest BCUT2D eigenvalue weighted by Crippen LogP contribution is 2.39. The summed E-state index contributed by atoms with van der Waals surface area (Å²) < 4.78 is 29.8. The molecule has 3 fully saturated rings. The van der Waals surface area contributed by atoms with E-state index in [2.05, 4.69) is 23.3 Å². The van der Waals surface area contributed by atoms with Gasteiger partial charge >= 0.3 is 5.97 Å². The van der Waals surface area contributed by atoms with Crippen LogP contribution in [-0.2, 0) is 54.1 Å². The summed E-state index contributed by atoms with van der Waals surface area (Å²) in [5.41, 5.74) is 2.54. The second kappa shape index (κ2) is 28.2. The number of nitrogens with one attached hydrogen (secondary N) is 1. The second-order valence-corrected chi connectivity index (χ2v) is 22.0. The number of ketones is 2. The van der Waals surface area contributed by atoms with Gasteiger partial charge in [0.15, 0.2) is 0 Å². The van der Waals surface area contributed by atoms with Gasteiger partial charge in [-0.3, -0.25) is 24.2 Å². The number of allylic oxidation sites excluding steroid dienone is 3. The molecule has 16 nitrogen and oxygen atoms in total. The van der Waals surface area contributed by atoms with Crippen molar-refractivity contribution in [1.29, 1.82) is 0 Å². The molecule has 4 heterocycles. The Balaban J connectivity index is 1.42. The molecule has 2 amide bonds. The van der Waals surface area contributed by atoms with Crippen LogP contribution in [0.5, 0.6) is 0 Å². The number of aliphatic hydroxyl groups excluding tert-OH is 2. The number of amides is 2. The van der Waals surface area contributed by atoms with Gasteiger partial charge in [0.2, 0.25) is 11.7 Å². The molecule has 2 saturated heterocycles. The molecule has 2 bridgehead atoms. The van der Waals surface area contributed by atoms with Gasteiger partial charge in [0.05, 0.1) is 43.5 Å². The van der Waals surface area contributed by atoms with Crippen LogP contribution in [0.4, 0.5) is 0 Å². The number of carbonyl (C=O) groups excluding carboxylic acids is 5. The zero-order valence-corrected chi connectivity index (χ0v) is 44.2. The lowest BCUT2D eigenvalue weighted by atomic mass is 9.78. The van der Waals surface area contributed by atoms with Crippen molar-refractivity contribution in [1.82, 2.24) is 15.2 Å². The Hall–Kier alpha value is -3.55. The number of hydrogen-bond acceptors (Lipinski definition) is 15. The predicted octanol–water partition coefficient (Wildman–Crippen LogP) is 5.58. The maximum atomic E-state index is 14.5. The van der Waals surface area contributed by atoms with Gasteiger partial charge < -0.3 is 49.2 Å². The van der Waals surface area contributed by atoms with Crippen molar-refractivity contribution < 1.29 is 63.0 Å². The Morgan fingerprint density at radius 2 is 1.68 bits per heavy atom. The number of carbonyl (C=O) groups is 5. The van der Waals surface area contributed by atoms with Gasteiger partial charge in [0, 0.05) is 76.2 Å². The minimum Gasteiger partial charge on any atom is -0.464 e. The molecule has 1 saturated carbocycles. The lowest BCUT2D eigenvalue weighted by Crippen LogP contribution is -2.64. The van der Waals surface area contributed by atoms with E-state index in [-0.39, 0.29) is 68.5 Å². The number of piperidine rings is 1. The number of rotatable bonds is 14. The molecule has 1 aromatic rings. The van der Waals surface area contributed by atoms with Crippen molar-refractivity contribution in [2.75, 3.05) is 52.5 Å². The topological polar surface area (TPSA) is 220 Å². The Bertz CT molecular complexity index is 1970. The zero-order valence-electron chi connectivity index (χ0n) is 43.4. The summed E-state index contributed by atoms with van der Waals surface area (Å²) in [6.45, 7) is 9.91. The molecule has 0 aromatic carbocycles. The van der Waals surface area contributed by atoms with E-state index in [9.17, 15) is 39.3 Å². The summed E-state index contributed by atoms with van der Waals surface area (Å²) in [6.07, 6.45) is 7.43. The molecule has 0 radical (unpaired) electrons. The SMILES string of the molecule is CO[C@H]1C[C@@H](C)C/C(C)=C/[C@@H](CCCSCCNC(=O)Cc2ccccn2)C(=O)C[C@H](O)[C@@H](C)[C@@H](/C(C)=C/[C@@H]2CC[C@@H](O)[C@H](OC)C2)COC(=O)[C@@H]2CCCCN2C(=O)C(=O)[C@]2(O)O[C@H]1[C@@H](OC)C[C@H]2C. The van der Waals surface area contributed by atoms with Gasteiger partial charge in [-0.05, 0) is 120 Å². The number of Topliss-reactive ketones (excluding diaryl/α,β-unsaturated/α-hetero) is 2. The van der Waals surface area contributed by atoms with Gasteiger partial charge in [-0.2, -0.15) is 11.8 Å². The van der Waals surface area contributed by atoms with Gasteiger partial charge in [-0.25, -0.2) is 4.79 Å². The summed E-state index contributed by atoms with van der Waals surface area (Å²) in [5.74, 6) is -6.54. The van der Waals surface area contributed by atoms with Gasteiger partial charge in [-0.1, -0.05) is 50.1 Å². The number of fused-ring (bicyclic) bond motifs is 3. The Kier molecular flexibility index (Phi) is 23.2. The van der Waals surface area contributed by atoms with E-state index in [0.717, 1.165) is 23.3 Å². The minimum atomic E-state index is -2.52. The molecule has 4 N–H and O–H groups in total. The van der Waals surface area contributed by atoms with Crippen LogP contribution in [0.3, 0.4) is 0 Å². The number of esters is 1. The van der Waals surface area contributed by atoms with E-state index < -0.39 is 83.7 Å². The number of nitrogens with zero attached hydrogens (tertiary/aromatic N) is 2. The predicted molar refractivity (Wildman–Crippen MR) is 270 cm³/mol.